The molecule has 4 aliphatic rings. The lowest BCUT2D eigenvalue weighted by molar-refractivity contribution is -0.386. The zero-order chi connectivity index (χ0) is 24.9. The van der Waals surface area contributed by atoms with Gasteiger partial charge < -0.3 is 15.2 Å². The lowest BCUT2D eigenvalue weighted by Gasteiger charge is -2.24. The minimum absolute atomic E-state index is 0.0534. The summed E-state index contributed by atoms with van der Waals surface area (Å²) in [5.74, 6) is 1.25. The molecule has 8 heteroatoms. The molecule has 0 spiro atoms. The van der Waals surface area contributed by atoms with Gasteiger partial charge >= 0.3 is 5.69 Å². The van der Waals surface area contributed by atoms with Crippen LogP contribution >= 0.6 is 0 Å². The topological polar surface area (TPSA) is 112 Å². The maximum Gasteiger partial charge on any atom is 0.311 e. The second-order valence-electron chi connectivity index (χ2n) is 10.1. The second kappa shape index (κ2) is 11.1. The normalized spacial score (nSPS) is 18.8. The third-order valence-electron chi connectivity index (χ3n) is 7.36. The lowest BCUT2D eigenvalue weighted by Crippen LogP contribution is -2.20. The second-order valence-corrected chi connectivity index (χ2v) is 10.1. The third-order valence-corrected chi connectivity index (χ3v) is 7.36. The number of aliphatic imine (C=N–C) groups is 2. The summed E-state index contributed by atoms with van der Waals surface area (Å²) < 4.78 is 11.9. The predicted molar refractivity (Wildman–Crippen MR) is 142 cm³/mol. The van der Waals surface area contributed by atoms with E-state index in [0.29, 0.717) is 18.4 Å². The van der Waals surface area contributed by atoms with Crippen LogP contribution in [0.2, 0.25) is 0 Å². The van der Waals surface area contributed by atoms with Crippen LogP contribution in [0.3, 0.4) is 0 Å². The summed E-state index contributed by atoms with van der Waals surface area (Å²) in [6.45, 7) is 1.35. The maximum absolute atomic E-state index is 11.1. The minimum Gasteiger partial charge on any atom is -0.488 e. The van der Waals surface area contributed by atoms with Gasteiger partial charge in [0.1, 0.15) is 5.75 Å². The molecule has 2 saturated carbocycles. The molecular formula is C28H34N4O4. The average Bonchev–Trinajstić information content (AvgIpc) is 3.54. The highest BCUT2D eigenvalue weighted by molar-refractivity contribution is 5.87. The summed E-state index contributed by atoms with van der Waals surface area (Å²) in [5.41, 5.74) is 11.0. The van der Waals surface area contributed by atoms with Gasteiger partial charge in [0.15, 0.2) is 5.75 Å². The molecule has 0 aromatic heterocycles. The minimum atomic E-state index is -0.370. The number of fused-ring (bicyclic) bond motifs is 2. The molecule has 8 nitrogen and oxygen atoms in total. The number of ether oxygens (including phenoxy) is 2. The largest absolute Gasteiger partial charge is 0.488 e. The van der Waals surface area contributed by atoms with Gasteiger partial charge in [-0.3, -0.25) is 20.1 Å². The fraction of sp³-hybridized carbons (Fsp3) is 0.500. The van der Waals surface area contributed by atoms with E-state index in [2.05, 4.69) is 16.1 Å². The predicted octanol–water partition coefficient (Wildman–Crippen LogP) is 6.15. The lowest BCUT2D eigenvalue weighted by atomic mass is 9.97. The van der Waals surface area contributed by atoms with Gasteiger partial charge in [0.05, 0.1) is 35.9 Å². The fourth-order valence-electron chi connectivity index (χ4n) is 5.35. The van der Waals surface area contributed by atoms with Crippen molar-refractivity contribution in [3.05, 3.63) is 56.6 Å². The van der Waals surface area contributed by atoms with Crippen molar-refractivity contribution in [2.45, 2.75) is 89.5 Å². The Labute approximate surface area is 211 Å². The molecule has 2 N–H and O–H groups in total. The summed E-state index contributed by atoms with van der Waals surface area (Å²) in [4.78, 5) is 19.2. The van der Waals surface area contributed by atoms with Crippen molar-refractivity contribution in [1.29, 1.82) is 0 Å². The molecule has 2 heterocycles. The number of nitrogens with zero attached hydrogens (tertiary/aromatic N) is 3. The molecule has 2 aromatic rings. The molecule has 0 bridgehead atoms. The molecule has 2 aromatic carbocycles. The van der Waals surface area contributed by atoms with Gasteiger partial charge in [-0.2, -0.15) is 0 Å². The molecule has 190 valence electrons. The first-order valence-electron chi connectivity index (χ1n) is 13.1. The summed E-state index contributed by atoms with van der Waals surface area (Å²) in [6, 6.07) is 7.40. The number of rotatable bonds is 5. The first-order valence-corrected chi connectivity index (χ1v) is 13.1. The van der Waals surface area contributed by atoms with Crippen molar-refractivity contribution in [3.63, 3.8) is 0 Å². The van der Waals surface area contributed by atoms with Gasteiger partial charge in [-0.25, -0.2) is 0 Å². The van der Waals surface area contributed by atoms with Crippen LogP contribution in [0.1, 0.15) is 86.5 Å². The number of nitrogen functional groups attached to an aromatic ring is 1. The van der Waals surface area contributed by atoms with Crippen LogP contribution in [-0.4, -0.2) is 29.6 Å². The highest BCUT2D eigenvalue weighted by Gasteiger charge is 2.24. The van der Waals surface area contributed by atoms with Crippen molar-refractivity contribution in [3.8, 4) is 11.5 Å². The van der Waals surface area contributed by atoms with E-state index in [0.717, 1.165) is 73.2 Å². The molecule has 6 rings (SSSR count). The van der Waals surface area contributed by atoms with E-state index in [-0.39, 0.29) is 16.7 Å². The van der Waals surface area contributed by atoms with Crippen LogP contribution in [0.4, 0.5) is 11.4 Å². The Morgan fingerprint density at radius 1 is 0.750 bits per heavy atom. The van der Waals surface area contributed by atoms with Gasteiger partial charge in [0.25, 0.3) is 0 Å². The van der Waals surface area contributed by atoms with Crippen LogP contribution in [0.15, 0.2) is 34.3 Å². The number of nitro benzene ring substituents is 1. The fourth-order valence-corrected chi connectivity index (χ4v) is 5.35. The molecule has 0 radical (unpaired) electrons. The molecule has 0 amide bonds. The maximum atomic E-state index is 11.1. The van der Waals surface area contributed by atoms with Crippen molar-refractivity contribution < 1.29 is 14.4 Å². The van der Waals surface area contributed by atoms with E-state index in [1.165, 1.54) is 31.2 Å². The van der Waals surface area contributed by atoms with Gasteiger partial charge in [-0.05, 0) is 86.3 Å². The van der Waals surface area contributed by atoms with E-state index >= 15 is 0 Å². The standard InChI is InChI=1S/C14H16N2O3.C14H18N2O/c17-16(18)13-6-10-8-15-9-11(10)7-14(13)19-12-4-2-1-3-5-12;15-13-6-10-8-16-9-11(10)7-14(13)17-12-4-2-1-3-5-12/h6-8,12H,1-5,9H2;6-8,12H,1-5,9,15H2. The first kappa shape index (κ1) is 24.3. The quantitative estimate of drug-likeness (QED) is 0.307. The van der Waals surface area contributed by atoms with E-state index in [9.17, 15) is 10.1 Å². The van der Waals surface area contributed by atoms with Gasteiger partial charge in [0.2, 0.25) is 0 Å². The molecule has 36 heavy (non-hydrogen) atoms. The van der Waals surface area contributed by atoms with Gasteiger partial charge in [-0.15, -0.1) is 0 Å². The van der Waals surface area contributed by atoms with Crippen LogP contribution < -0.4 is 15.2 Å². The Balaban J connectivity index is 0.000000149. The number of anilines is 1. The summed E-state index contributed by atoms with van der Waals surface area (Å²) in [7, 11) is 0. The first-order chi connectivity index (χ1) is 17.6. The summed E-state index contributed by atoms with van der Waals surface area (Å²) in [6.07, 6.45) is 15.8. The number of nitro groups is 1. The number of nitrogens with two attached hydrogens (primary N) is 1. The van der Waals surface area contributed by atoms with Crippen molar-refractivity contribution >= 4 is 23.8 Å². The van der Waals surface area contributed by atoms with Crippen LogP contribution in [-0.2, 0) is 13.1 Å². The van der Waals surface area contributed by atoms with E-state index in [1.807, 2.05) is 12.3 Å². The SMILES string of the molecule is Nc1cc2c(cc1OC1CCCCC1)CN=C2.O=[N+]([O-])c1cc2c(cc1OC1CCCCC1)CN=C2. The molecule has 0 unspecified atom stereocenters. The van der Waals surface area contributed by atoms with Gasteiger partial charge in [-0.1, -0.05) is 12.8 Å². The smallest absolute Gasteiger partial charge is 0.311 e. The van der Waals surface area contributed by atoms with Crippen LogP contribution in [0.25, 0.3) is 0 Å². The third kappa shape index (κ3) is 5.69. The molecule has 0 atom stereocenters. The monoisotopic (exact) mass is 490 g/mol. The van der Waals surface area contributed by atoms with E-state index in [1.54, 1.807) is 18.3 Å². The average molecular weight is 491 g/mol. The molecule has 2 fully saturated rings. The van der Waals surface area contributed by atoms with Crippen molar-refractivity contribution in [2.24, 2.45) is 9.98 Å². The van der Waals surface area contributed by atoms with Crippen molar-refractivity contribution in [2.75, 3.05) is 5.73 Å². The van der Waals surface area contributed by atoms with Crippen LogP contribution in [0, 0.1) is 10.1 Å². The highest BCUT2D eigenvalue weighted by Crippen LogP contribution is 2.35. The van der Waals surface area contributed by atoms with E-state index in [4.69, 9.17) is 15.2 Å². The number of hydrogen-bond donors (Lipinski definition) is 1. The summed E-state index contributed by atoms with van der Waals surface area (Å²) >= 11 is 0. The number of benzene rings is 2. The zero-order valence-electron chi connectivity index (χ0n) is 20.7. The summed E-state index contributed by atoms with van der Waals surface area (Å²) in [5, 5.41) is 11.1. The molecular weight excluding hydrogens is 456 g/mol. The highest BCUT2D eigenvalue weighted by atomic mass is 16.6. The zero-order valence-corrected chi connectivity index (χ0v) is 20.7. The molecule has 2 aliphatic carbocycles. The van der Waals surface area contributed by atoms with Crippen molar-refractivity contribution in [1.82, 2.24) is 0 Å². The Morgan fingerprint density at radius 2 is 1.25 bits per heavy atom. The Kier molecular flexibility index (Phi) is 7.49. The molecule has 2 aliphatic heterocycles. The van der Waals surface area contributed by atoms with E-state index < -0.39 is 0 Å². The van der Waals surface area contributed by atoms with Crippen LogP contribution in [0.5, 0.6) is 11.5 Å². The Morgan fingerprint density at radius 3 is 1.81 bits per heavy atom. The Hall–Kier alpha value is -3.42. The molecule has 0 saturated heterocycles. The Bertz CT molecular complexity index is 1160. The van der Waals surface area contributed by atoms with Gasteiger partial charge in [0, 0.05) is 24.1 Å². The number of hydrogen-bond acceptors (Lipinski definition) is 7.